The van der Waals surface area contributed by atoms with E-state index in [0.717, 1.165) is 25.0 Å². The van der Waals surface area contributed by atoms with Crippen molar-refractivity contribution in [3.05, 3.63) is 59.1 Å². The van der Waals surface area contributed by atoms with Crippen molar-refractivity contribution in [2.24, 2.45) is 5.92 Å². The van der Waals surface area contributed by atoms with Crippen LogP contribution in [0.15, 0.2) is 34.9 Å². The third-order valence-corrected chi connectivity index (χ3v) is 4.21. The van der Waals surface area contributed by atoms with Crippen LogP contribution in [0.3, 0.4) is 0 Å². The topological polar surface area (TPSA) is 62.5 Å². The van der Waals surface area contributed by atoms with Crippen LogP contribution >= 0.6 is 0 Å². The van der Waals surface area contributed by atoms with E-state index in [1.165, 1.54) is 12.3 Å². The van der Waals surface area contributed by atoms with Crippen LogP contribution in [0.5, 0.6) is 0 Å². The summed E-state index contributed by atoms with van der Waals surface area (Å²) in [7, 11) is 0. The van der Waals surface area contributed by atoms with E-state index in [1.54, 1.807) is 6.07 Å². The molecular weight excluding hydrogens is 316 g/mol. The largest absolute Gasteiger partial charge is 0.468 e. The summed E-state index contributed by atoms with van der Waals surface area (Å²) in [5.41, 5.74) is 1.10. The van der Waals surface area contributed by atoms with Gasteiger partial charge in [0, 0.05) is 25.0 Å². The van der Waals surface area contributed by atoms with Crippen LogP contribution in [0.25, 0.3) is 0 Å². The van der Waals surface area contributed by atoms with E-state index in [1.807, 2.05) is 0 Å². The highest BCUT2D eigenvalue weighted by molar-refractivity contribution is 5.95. The van der Waals surface area contributed by atoms with Crippen molar-refractivity contribution in [1.82, 2.24) is 5.32 Å². The van der Waals surface area contributed by atoms with Crippen LogP contribution in [-0.4, -0.2) is 24.2 Å². The first-order valence-electron chi connectivity index (χ1n) is 7.99. The molecule has 6 heteroatoms. The van der Waals surface area contributed by atoms with Crippen LogP contribution in [0.4, 0.5) is 8.78 Å². The normalized spacial score (nSPS) is 15.3. The molecule has 128 valence electrons. The summed E-state index contributed by atoms with van der Waals surface area (Å²) in [5.74, 6) is -1.30. The Morgan fingerprint density at radius 2 is 2.08 bits per heavy atom. The third-order valence-electron chi connectivity index (χ3n) is 4.21. The first kappa shape index (κ1) is 16.6. The molecular formula is C18H19F2NO3. The van der Waals surface area contributed by atoms with E-state index >= 15 is 0 Å². The minimum absolute atomic E-state index is 0.167. The highest BCUT2D eigenvalue weighted by Crippen LogP contribution is 2.42. The fourth-order valence-electron chi connectivity index (χ4n) is 2.70. The van der Waals surface area contributed by atoms with Gasteiger partial charge in [0.25, 0.3) is 5.91 Å². The Labute approximate surface area is 138 Å². The van der Waals surface area contributed by atoms with Gasteiger partial charge in [0.2, 0.25) is 0 Å². The molecule has 0 radical (unpaired) electrons. The second kappa shape index (κ2) is 7.13. The van der Waals surface area contributed by atoms with Crippen molar-refractivity contribution < 1.29 is 23.1 Å². The van der Waals surface area contributed by atoms with Crippen molar-refractivity contribution >= 4 is 5.91 Å². The van der Waals surface area contributed by atoms with Crippen molar-refractivity contribution in [3.63, 3.8) is 0 Å². The number of benzene rings is 1. The SMILES string of the molecule is O=C(NC[C@H](CO)Cc1ccc(F)c(F)c1)c1ccoc1C1CC1. The summed E-state index contributed by atoms with van der Waals surface area (Å²) in [4.78, 5) is 12.3. The molecule has 1 aliphatic rings. The van der Waals surface area contributed by atoms with Gasteiger partial charge in [0.1, 0.15) is 5.76 Å². The Kier molecular flexibility index (Phi) is 4.94. The lowest BCUT2D eigenvalue weighted by atomic mass is 9.99. The van der Waals surface area contributed by atoms with Gasteiger partial charge in [-0.25, -0.2) is 8.78 Å². The molecule has 0 saturated heterocycles. The standard InChI is InChI=1S/C18H19F2NO3/c19-15-4-1-11(8-16(15)20)7-12(10-22)9-21-18(23)14-5-6-24-17(14)13-2-3-13/h1,4-6,8,12-13,22H,2-3,7,9-10H2,(H,21,23)/t12-/m1/s1. The quantitative estimate of drug-likeness (QED) is 0.818. The zero-order chi connectivity index (χ0) is 17.1. The van der Waals surface area contributed by atoms with E-state index in [9.17, 15) is 18.7 Å². The van der Waals surface area contributed by atoms with Crippen molar-refractivity contribution in [2.45, 2.75) is 25.2 Å². The number of aliphatic hydroxyl groups is 1. The lowest BCUT2D eigenvalue weighted by Gasteiger charge is -2.15. The van der Waals surface area contributed by atoms with Crippen LogP contribution in [0.1, 0.15) is 40.4 Å². The molecule has 3 rings (SSSR count). The summed E-state index contributed by atoms with van der Waals surface area (Å²) >= 11 is 0. The fraction of sp³-hybridized carbons (Fsp3) is 0.389. The molecule has 2 N–H and O–H groups in total. The van der Waals surface area contributed by atoms with Crippen molar-refractivity contribution in [1.29, 1.82) is 0 Å². The predicted octanol–water partition coefficient (Wildman–Crippen LogP) is 3.02. The molecule has 1 amide bonds. The van der Waals surface area contributed by atoms with Gasteiger partial charge in [0.15, 0.2) is 11.6 Å². The number of hydrogen-bond donors (Lipinski definition) is 2. The van der Waals surface area contributed by atoms with Crippen LogP contribution in [-0.2, 0) is 6.42 Å². The van der Waals surface area contributed by atoms with Gasteiger partial charge in [-0.3, -0.25) is 4.79 Å². The Hall–Kier alpha value is -2.21. The lowest BCUT2D eigenvalue weighted by molar-refractivity contribution is 0.0938. The minimum atomic E-state index is -0.916. The molecule has 2 aromatic rings. The molecule has 1 fully saturated rings. The molecule has 4 nitrogen and oxygen atoms in total. The number of amides is 1. The summed E-state index contributed by atoms with van der Waals surface area (Å²) in [6.07, 6.45) is 3.91. The summed E-state index contributed by atoms with van der Waals surface area (Å²) < 4.78 is 31.6. The van der Waals surface area contributed by atoms with Gasteiger partial charge in [-0.15, -0.1) is 0 Å². The molecule has 0 spiro atoms. The van der Waals surface area contributed by atoms with E-state index in [2.05, 4.69) is 5.32 Å². The maximum absolute atomic E-state index is 13.2. The van der Waals surface area contributed by atoms with Gasteiger partial charge in [-0.05, 0) is 43.0 Å². The number of carbonyl (C=O) groups is 1. The Balaban J connectivity index is 1.58. The second-order valence-electron chi connectivity index (χ2n) is 6.18. The molecule has 1 atom stereocenters. The van der Waals surface area contributed by atoms with Gasteiger partial charge in [-0.1, -0.05) is 6.07 Å². The summed E-state index contributed by atoms with van der Waals surface area (Å²) in [5, 5.41) is 12.2. The Morgan fingerprint density at radius 3 is 2.75 bits per heavy atom. The predicted molar refractivity (Wildman–Crippen MR) is 83.7 cm³/mol. The molecule has 0 unspecified atom stereocenters. The first-order chi connectivity index (χ1) is 11.6. The van der Waals surface area contributed by atoms with Gasteiger partial charge in [-0.2, -0.15) is 0 Å². The zero-order valence-electron chi connectivity index (χ0n) is 13.1. The maximum atomic E-state index is 13.2. The number of aliphatic hydroxyl groups excluding tert-OH is 1. The summed E-state index contributed by atoms with van der Waals surface area (Å²) in [6, 6.07) is 5.29. The zero-order valence-corrected chi connectivity index (χ0v) is 13.1. The minimum Gasteiger partial charge on any atom is -0.468 e. The molecule has 24 heavy (non-hydrogen) atoms. The van der Waals surface area contributed by atoms with Crippen LogP contribution in [0.2, 0.25) is 0 Å². The molecule has 0 aliphatic heterocycles. The Morgan fingerprint density at radius 1 is 1.29 bits per heavy atom. The highest BCUT2D eigenvalue weighted by Gasteiger charge is 2.31. The highest BCUT2D eigenvalue weighted by atomic mass is 19.2. The van der Waals surface area contributed by atoms with E-state index in [4.69, 9.17) is 4.42 Å². The van der Waals surface area contributed by atoms with Crippen molar-refractivity contribution in [2.75, 3.05) is 13.2 Å². The number of furan rings is 1. The number of rotatable bonds is 7. The average molecular weight is 335 g/mol. The summed E-state index contributed by atoms with van der Waals surface area (Å²) in [6.45, 7) is 0.0732. The molecule has 1 aromatic heterocycles. The molecule has 0 bridgehead atoms. The number of nitrogens with one attached hydrogen (secondary N) is 1. The lowest BCUT2D eigenvalue weighted by Crippen LogP contribution is -2.32. The van der Waals surface area contributed by atoms with Gasteiger partial charge in [0.05, 0.1) is 11.8 Å². The molecule has 1 aliphatic carbocycles. The van der Waals surface area contributed by atoms with Crippen molar-refractivity contribution in [3.8, 4) is 0 Å². The number of hydrogen-bond acceptors (Lipinski definition) is 3. The smallest absolute Gasteiger partial charge is 0.254 e. The second-order valence-corrected chi connectivity index (χ2v) is 6.18. The van der Waals surface area contributed by atoms with Gasteiger partial charge < -0.3 is 14.8 Å². The van der Waals surface area contributed by atoms with E-state index in [-0.39, 0.29) is 25.0 Å². The monoisotopic (exact) mass is 335 g/mol. The maximum Gasteiger partial charge on any atom is 0.254 e. The third kappa shape index (κ3) is 3.82. The molecule has 1 aromatic carbocycles. The van der Waals surface area contributed by atoms with Crippen LogP contribution in [0, 0.1) is 17.6 Å². The fourth-order valence-corrected chi connectivity index (χ4v) is 2.70. The molecule has 1 heterocycles. The Bertz CT molecular complexity index is 725. The van der Waals surface area contributed by atoms with E-state index < -0.39 is 11.6 Å². The van der Waals surface area contributed by atoms with Gasteiger partial charge >= 0.3 is 0 Å². The number of halogens is 2. The first-order valence-corrected chi connectivity index (χ1v) is 7.99. The van der Waals surface area contributed by atoms with Crippen LogP contribution < -0.4 is 5.32 Å². The number of carbonyl (C=O) groups excluding carboxylic acids is 1. The average Bonchev–Trinajstić information content (AvgIpc) is 3.31. The molecule has 1 saturated carbocycles. The van der Waals surface area contributed by atoms with E-state index in [0.29, 0.717) is 29.2 Å².